The quantitative estimate of drug-likeness (QED) is 0.589. The molecule has 1 N–H and O–H groups in total. The van der Waals surface area contributed by atoms with E-state index in [0.717, 1.165) is 10.4 Å². The number of carbonyl (C=O) groups is 2. The van der Waals surface area contributed by atoms with E-state index >= 15 is 0 Å². The molecule has 0 radical (unpaired) electrons. The van der Waals surface area contributed by atoms with Crippen molar-refractivity contribution in [2.45, 2.75) is 13.5 Å². The Bertz CT molecular complexity index is 1090. The average Bonchev–Trinajstić information content (AvgIpc) is 3.07. The van der Waals surface area contributed by atoms with E-state index in [0.29, 0.717) is 35.6 Å². The molecule has 1 heterocycles. The lowest BCUT2D eigenvalue weighted by Crippen LogP contribution is -2.26. The molecule has 0 bridgehead atoms. The number of halogens is 1. The number of rotatable bonds is 7. The molecule has 30 heavy (non-hydrogen) atoms. The molecule has 0 spiro atoms. The number of benzene rings is 2. The number of hydrogen-bond donors (Lipinski definition) is 1. The fourth-order valence-electron chi connectivity index (χ4n) is 2.77. The van der Waals surface area contributed by atoms with Crippen LogP contribution < -0.4 is 10.1 Å². The first kappa shape index (κ1) is 21.6. The molecule has 156 valence electrons. The number of nitrogens with zero attached hydrogens (tertiary/aromatic N) is 2. The van der Waals surface area contributed by atoms with Gasteiger partial charge in [-0.1, -0.05) is 12.1 Å². The number of aromatic nitrogens is 1. The third-order valence-electron chi connectivity index (χ3n) is 4.28. The molecule has 8 heteroatoms. The number of hydrogen-bond acceptors (Lipinski definition) is 4. The zero-order chi connectivity index (χ0) is 21.5. The Labute approximate surface area is 177 Å². The van der Waals surface area contributed by atoms with Gasteiger partial charge in [0, 0.05) is 42.4 Å². The van der Waals surface area contributed by atoms with Gasteiger partial charge in [0.1, 0.15) is 5.82 Å². The van der Waals surface area contributed by atoms with Crippen LogP contribution in [0.5, 0.6) is 0 Å². The van der Waals surface area contributed by atoms with Crippen LogP contribution in [0.4, 0.5) is 4.39 Å². The highest BCUT2D eigenvalue weighted by Gasteiger charge is 2.08. The van der Waals surface area contributed by atoms with Crippen molar-refractivity contribution < 1.29 is 18.7 Å². The van der Waals surface area contributed by atoms with Crippen LogP contribution in [0, 0.1) is 12.7 Å². The molecule has 2 aromatic carbocycles. The predicted octanol–water partition coefficient (Wildman–Crippen LogP) is 3.16. The van der Waals surface area contributed by atoms with Gasteiger partial charge in [0.05, 0.1) is 6.61 Å². The fourth-order valence-corrected chi connectivity index (χ4v) is 3.61. The summed E-state index contributed by atoms with van der Waals surface area (Å²) in [5, 5.41) is 2.78. The Kier molecular flexibility index (Phi) is 7.26. The minimum absolute atomic E-state index is 0.154. The number of ether oxygens (including phenoxy) is 1. The van der Waals surface area contributed by atoms with Crippen LogP contribution in [0.1, 0.15) is 31.2 Å². The summed E-state index contributed by atoms with van der Waals surface area (Å²) in [6.07, 6.45) is 1.92. The number of carbonyl (C=O) groups excluding carboxylic acids is 2. The highest BCUT2D eigenvalue weighted by molar-refractivity contribution is 7.09. The normalized spacial score (nSPS) is 11.5. The Hall–Kier alpha value is -3.10. The number of aryl methyl sites for hydroxylation is 1. The molecule has 0 atom stereocenters. The van der Waals surface area contributed by atoms with E-state index in [1.54, 1.807) is 19.2 Å². The highest BCUT2D eigenvalue weighted by Crippen LogP contribution is 2.10. The maximum atomic E-state index is 13.1. The van der Waals surface area contributed by atoms with Crippen LogP contribution in [0.3, 0.4) is 0 Å². The first-order valence-corrected chi connectivity index (χ1v) is 10.2. The third kappa shape index (κ3) is 5.71. The molecule has 6 nitrogen and oxygen atoms in total. The zero-order valence-corrected chi connectivity index (χ0v) is 17.5. The Morgan fingerprint density at radius 3 is 2.43 bits per heavy atom. The summed E-state index contributed by atoms with van der Waals surface area (Å²) < 4.78 is 19.9. The molecule has 2 amide bonds. The fraction of sp³-hybridized carbons (Fsp3) is 0.227. The smallest absolute Gasteiger partial charge is 0.279 e. The van der Waals surface area contributed by atoms with Gasteiger partial charge >= 0.3 is 0 Å². The predicted molar refractivity (Wildman–Crippen MR) is 113 cm³/mol. The van der Waals surface area contributed by atoms with E-state index < -0.39 is 11.7 Å². The summed E-state index contributed by atoms with van der Waals surface area (Å²) in [7, 11) is 1.58. The monoisotopic (exact) mass is 427 g/mol. The maximum Gasteiger partial charge on any atom is 0.279 e. The molecule has 0 saturated heterocycles. The Morgan fingerprint density at radius 2 is 1.77 bits per heavy atom. The molecule has 3 rings (SSSR count). The van der Waals surface area contributed by atoms with Crippen LogP contribution in [-0.2, 0) is 11.3 Å². The lowest BCUT2D eigenvalue weighted by atomic mass is 10.1. The van der Waals surface area contributed by atoms with Crippen LogP contribution in [-0.4, -0.2) is 36.6 Å². The Morgan fingerprint density at radius 1 is 1.10 bits per heavy atom. The van der Waals surface area contributed by atoms with Gasteiger partial charge in [-0.05, 0) is 48.9 Å². The van der Waals surface area contributed by atoms with Gasteiger partial charge in [0.25, 0.3) is 11.8 Å². The molecule has 0 saturated carbocycles. The lowest BCUT2D eigenvalue weighted by Gasteiger charge is -2.07. The first-order valence-electron chi connectivity index (χ1n) is 9.34. The van der Waals surface area contributed by atoms with Crippen molar-refractivity contribution in [3.8, 4) is 0 Å². The molecular weight excluding hydrogens is 405 g/mol. The standard InChI is InChI=1S/C22H22FN3O3S/c1-15-13-26(22(30-15)25-21(28)18-7-9-19(23)10-8-18)14-16-3-5-17(6-4-16)20(27)24-11-12-29-2/h3-10,13H,11-12,14H2,1-2H3,(H,24,27). The van der Waals surface area contributed by atoms with Crippen molar-refractivity contribution in [2.24, 2.45) is 4.99 Å². The second-order valence-electron chi connectivity index (χ2n) is 6.62. The molecule has 0 unspecified atom stereocenters. The van der Waals surface area contributed by atoms with Crippen LogP contribution in [0.25, 0.3) is 0 Å². The average molecular weight is 428 g/mol. The van der Waals surface area contributed by atoms with Crippen LogP contribution >= 0.6 is 11.3 Å². The summed E-state index contributed by atoms with van der Waals surface area (Å²) in [6.45, 7) is 3.36. The van der Waals surface area contributed by atoms with E-state index in [4.69, 9.17) is 4.74 Å². The molecule has 1 aromatic heterocycles. The molecule has 0 aliphatic heterocycles. The molecule has 0 fully saturated rings. The second kappa shape index (κ2) is 10.1. The van der Waals surface area contributed by atoms with Gasteiger partial charge in [-0.3, -0.25) is 9.59 Å². The van der Waals surface area contributed by atoms with Crippen LogP contribution in [0.15, 0.2) is 59.7 Å². The molecular formula is C22H22FN3O3S. The number of thiazole rings is 1. The number of nitrogens with one attached hydrogen (secondary N) is 1. The van der Waals surface area contributed by atoms with Gasteiger partial charge in [-0.15, -0.1) is 11.3 Å². The van der Waals surface area contributed by atoms with E-state index in [1.807, 2.05) is 29.8 Å². The van der Waals surface area contributed by atoms with Crippen molar-refractivity contribution in [3.63, 3.8) is 0 Å². The van der Waals surface area contributed by atoms with Gasteiger partial charge < -0.3 is 14.6 Å². The number of methoxy groups -OCH3 is 1. The number of amides is 2. The van der Waals surface area contributed by atoms with Crippen molar-refractivity contribution in [1.82, 2.24) is 9.88 Å². The van der Waals surface area contributed by atoms with Crippen molar-refractivity contribution in [3.05, 3.63) is 86.9 Å². The summed E-state index contributed by atoms with van der Waals surface area (Å²) in [5.41, 5.74) is 1.87. The molecule has 3 aromatic rings. The Balaban J connectivity index is 1.75. The van der Waals surface area contributed by atoms with Crippen molar-refractivity contribution in [1.29, 1.82) is 0 Å². The minimum Gasteiger partial charge on any atom is -0.383 e. The van der Waals surface area contributed by atoms with Crippen molar-refractivity contribution >= 4 is 23.2 Å². The molecule has 0 aliphatic carbocycles. The third-order valence-corrected chi connectivity index (χ3v) is 5.22. The second-order valence-corrected chi connectivity index (χ2v) is 7.83. The van der Waals surface area contributed by atoms with E-state index in [-0.39, 0.29) is 5.91 Å². The zero-order valence-electron chi connectivity index (χ0n) is 16.7. The largest absolute Gasteiger partial charge is 0.383 e. The molecule has 0 aliphatic rings. The topological polar surface area (TPSA) is 72.7 Å². The minimum atomic E-state index is -0.423. The van der Waals surface area contributed by atoms with Gasteiger partial charge in [0.15, 0.2) is 4.80 Å². The van der Waals surface area contributed by atoms with Gasteiger partial charge in [-0.25, -0.2) is 4.39 Å². The van der Waals surface area contributed by atoms with E-state index in [9.17, 15) is 14.0 Å². The van der Waals surface area contributed by atoms with Crippen molar-refractivity contribution in [2.75, 3.05) is 20.3 Å². The van der Waals surface area contributed by atoms with E-state index in [1.165, 1.54) is 35.6 Å². The van der Waals surface area contributed by atoms with Gasteiger partial charge in [-0.2, -0.15) is 4.99 Å². The highest BCUT2D eigenvalue weighted by atomic mass is 32.1. The first-order chi connectivity index (χ1) is 14.5. The summed E-state index contributed by atoms with van der Waals surface area (Å²) in [5.74, 6) is -0.976. The van der Waals surface area contributed by atoms with Gasteiger partial charge in [0.2, 0.25) is 0 Å². The summed E-state index contributed by atoms with van der Waals surface area (Å²) >= 11 is 1.40. The summed E-state index contributed by atoms with van der Waals surface area (Å²) in [4.78, 5) is 30.3. The van der Waals surface area contributed by atoms with Crippen LogP contribution in [0.2, 0.25) is 0 Å². The SMILES string of the molecule is COCCNC(=O)c1ccc(Cn2cc(C)sc2=NC(=O)c2ccc(F)cc2)cc1. The lowest BCUT2D eigenvalue weighted by molar-refractivity contribution is 0.0936. The summed E-state index contributed by atoms with van der Waals surface area (Å²) in [6, 6.07) is 12.6. The maximum absolute atomic E-state index is 13.1. The van der Waals surface area contributed by atoms with E-state index in [2.05, 4.69) is 10.3 Å².